The Morgan fingerprint density at radius 1 is 1.08 bits per heavy atom. The summed E-state index contributed by atoms with van der Waals surface area (Å²) in [7, 11) is 0.702. The fraction of sp³-hybridized carbons (Fsp3) is 0.481. The van der Waals surface area contributed by atoms with Gasteiger partial charge in [0.1, 0.15) is 16.5 Å². The predicted octanol–water partition coefficient (Wildman–Crippen LogP) is 4.26. The second kappa shape index (κ2) is 12.0. The number of sulfone groups is 1. The zero-order valence-electron chi connectivity index (χ0n) is 22.1. The number of carbonyl (C=O) groups is 1. The van der Waals surface area contributed by atoms with Crippen LogP contribution in [0.2, 0.25) is 0 Å². The van der Waals surface area contributed by atoms with Crippen molar-refractivity contribution in [1.29, 1.82) is 0 Å². The van der Waals surface area contributed by atoms with Crippen molar-refractivity contribution < 1.29 is 22.8 Å². The molecular formula is C27H33N5O5S2. The average Bonchev–Trinajstić information content (AvgIpc) is 3.52. The van der Waals surface area contributed by atoms with Gasteiger partial charge in [-0.1, -0.05) is 28.6 Å². The summed E-state index contributed by atoms with van der Waals surface area (Å²) in [5, 5.41) is 7.11. The minimum absolute atomic E-state index is 0.0369. The lowest BCUT2D eigenvalue weighted by Gasteiger charge is -2.11. The fourth-order valence-electron chi connectivity index (χ4n) is 4.37. The number of pyridine rings is 1. The fourth-order valence-corrected chi connectivity index (χ4v) is 6.85. The highest BCUT2D eigenvalue weighted by molar-refractivity contribution is 7.92. The van der Waals surface area contributed by atoms with Gasteiger partial charge in [0.05, 0.1) is 16.8 Å². The summed E-state index contributed by atoms with van der Waals surface area (Å²) in [6, 6.07) is 9.85. The smallest absolute Gasteiger partial charge is 0.280 e. The second-order valence-corrected chi connectivity index (χ2v) is 13.4. The van der Waals surface area contributed by atoms with E-state index in [0.717, 1.165) is 38.6 Å². The van der Waals surface area contributed by atoms with Crippen LogP contribution in [0.5, 0.6) is 5.88 Å². The molecule has 0 bridgehead atoms. The molecule has 2 aliphatic rings. The Morgan fingerprint density at radius 2 is 1.82 bits per heavy atom. The molecule has 2 aromatic heterocycles. The van der Waals surface area contributed by atoms with Crippen molar-refractivity contribution in [1.82, 2.24) is 14.9 Å². The maximum absolute atomic E-state index is 13.4. The van der Waals surface area contributed by atoms with E-state index in [0.29, 0.717) is 46.4 Å². The molecular weight excluding hydrogens is 538 g/mol. The highest BCUT2D eigenvalue weighted by Crippen LogP contribution is 2.33. The van der Waals surface area contributed by atoms with Crippen LogP contribution < -0.4 is 10.1 Å². The number of oxime groups is 1. The Balaban J connectivity index is 1.32. The van der Waals surface area contributed by atoms with Crippen LogP contribution in [0, 0.1) is 0 Å². The molecule has 2 saturated carbocycles. The molecule has 12 heteroatoms. The van der Waals surface area contributed by atoms with Gasteiger partial charge in [-0.2, -0.15) is 0 Å². The molecule has 5 rings (SSSR count). The van der Waals surface area contributed by atoms with Crippen molar-refractivity contribution in [2.24, 2.45) is 5.16 Å². The highest BCUT2D eigenvalue weighted by atomic mass is 32.2. The molecule has 2 heterocycles. The quantitative estimate of drug-likeness (QED) is 0.194. The lowest BCUT2D eigenvalue weighted by atomic mass is 10.1. The Kier molecular flexibility index (Phi) is 8.43. The van der Waals surface area contributed by atoms with E-state index in [9.17, 15) is 13.2 Å². The summed E-state index contributed by atoms with van der Waals surface area (Å²) in [6.45, 7) is 1.48. The summed E-state index contributed by atoms with van der Waals surface area (Å²) in [5.74, 6) is 0.0150. The average molecular weight is 572 g/mol. The number of hydrogen-bond donors (Lipinski definition) is 1. The molecule has 1 N–H and O–H groups in total. The number of hydrogen-bond acceptors (Lipinski definition) is 10. The summed E-state index contributed by atoms with van der Waals surface area (Å²) in [4.78, 5) is 31.1. The highest BCUT2D eigenvalue weighted by Gasteiger charge is 2.36. The number of amides is 1. The van der Waals surface area contributed by atoms with Gasteiger partial charge in [0.25, 0.3) is 5.91 Å². The second-order valence-electron chi connectivity index (χ2n) is 10.2. The van der Waals surface area contributed by atoms with E-state index in [-0.39, 0.29) is 22.0 Å². The van der Waals surface area contributed by atoms with Gasteiger partial charge < -0.3 is 14.5 Å². The van der Waals surface area contributed by atoms with Gasteiger partial charge in [0, 0.05) is 18.2 Å². The first kappa shape index (κ1) is 27.5. The van der Waals surface area contributed by atoms with Crippen molar-refractivity contribution in [3.63, 3.8) is 0 Å². The number of rotatable bonds is 12. The van der Waals surface area contributed by atoms with E-state index >= 15 is 0 Å². The van der Waals surface area contributed by atoms with Gasteiger partial charge in [-0.3, -0.25) is 10.1 Å². The van der Waals surface area contributed by atoms with Gasteiger partial charge in [0.2, 0.25) is 5.88 Å². The first-order chi connectivity index (χ1) is 18.8. The van der Waals surface area contributed by atoms with Crippen LogP contribution in [0.4, 0.5) is 5.13 Å². The maximum Gasteiger partial charge on any atom is 0.280 e. The Bertz CT molecular complexity index is 1440. The molecule has 0 aliphatic heterocycles. The summed E-state index contributed by atoms with van der Waals surface area (Å²) in [6.07, 6.45) is 6.14. The number of thiazole rings is 1. The Labute approximate surface area is 232 Å². The number of ether oxygens (including phenoxy) is 1. The number of nitrogens with zero attached hydrogens (tertiary/aromatic N) is 4. The number of carbonyl (C=O) groups excluding carboxylic acids is 1. The largest absolute Gasteiger partial charge is 0.478 e. The molecule has 3 aromatic rings. The molecule has 0 unspecified atom stereocenters. The number of fused-ring (bicyclic) bond motifs is 1. The van der Waals surface area contributed by atoms with E-state index in [4.69, 9.17) is 9.57 Å². The molecule has 0 saturated heterocycles. The van der Waals surface area contributed by atoms with E-state index < -0.39 is 15.7 Å². The molecule has 2 fully saturated rings. The zero-order chi connectivity index (χ0) is 27.4. The molecule has 0 atom stereocenters. The van der Waals surface area contributed by atoms with Gasteiger partial charge in [0.15, 0.2) is 20.7 Å². The van der Waals surface area contributed by atoms with Crippen LogP contribution in [-0.4, -0.2) is 73.5 Å². The van der Waals surface area contributed by atoms with Gasteiger partial charge in [-0.05, 0) is 77.2 Å². The minimum Gasteiger partial charge on any atom is -0.478 e. The van der Waals surface area contributed by atoms with Crippen LogP contribution >= 0.6 is 11.3 Å². The van der Waals surface area contributed by atoms with Crippen molar-refractivity contribution in [3.05, 3.63) is 42.0 Å². The van der Waals surface area contributed by atoms with Gasteiger partial charge in [-0.25, -0.2) is 18.4 Å². The minimum atomic E-state index is -3.33. The molecule has 0 radical (unpaired) electrons. The Morgan fingerprint density at radius 3 is 2.51 bits per heavy atom. The molecule has 39 heavy (non-hydrogen) atoms. The predicted molar refractivity (Wildman–Crippen MR) is 151 cm³/mol. The molecule has 0 spiro atoms. The monoisotopic (exact) mass is 571 g/mol. The summed E-state index contributed by atoms with van der Waals surface area (Å²) >= 11 is 1.24. The van der Waals surface area contributed by atoms with E-state index in [1.165, 1.54) is 23.5 Å². The maximum atomic E-state index is 13.4. The van der Waals surface area contributed by atoms with Crippen LogP contribution in [0.3, 0.4) is 0 Å². The SMILES string of the molecule is CN(C)CCCOc1ccc2nc(NC(=O)C(=NOC3CCCC3)c3ccc(S(=O)(=O)C4CC4)cc3)sc2n1. The van der Waals surface area contributed by atoms with Crippen LogP contribution in [0.15, 0.2) is 46.4 Å². The van der Waals surface area contributed by atoms with E-state index in [1.807, 2.05) is 20.2 Å². The third-order valence-electron chi connectivity index (χ3n) is 6.68. The Hall–Kier alpha value is -3.09. The number of nitrogens with one attached hydrogen (secondary N) is 1. The first-order valence-corrected chi connectivity index (χ1v) is 15.6. The van der Waals surface area contributed by atoms with Gasteiger partial charge in [-0.15, -0.1) is 0 Å². The molecule has 2 aliphatic carbocycles. The number of anilines is 1. The molecule has 1 amide bonds. The zero-order valence-corrected chi connectivity index (χ0v) is 23.8. The molecule has 10 nitrogen and oxygen atoms in total. The summed E-state index contributed by atoms with van der Waals surface area (Å²) in [5.41, 5.74) is 1.17. The topological polar surface area (TPSA) is 123 Å². The third kappa shape index (κ3) is 6.92. The van der Waals surface area contributed by atoms with E-state index in [2.05, 4.69) is 25.3 Å². The van der Waals surface area contributed by atoms with Crippen molar-refractivity contribution in [2.45, 2.75) is 61.2 Å². The number of benzene rings is 1. The number of aromatic nitrogens is 2. The van der Waals surface area contributed by atoms with Crippen LogP contribution in [0.25, 0.3) is 10.3 Å². The lowest BCUT2D eigenvalue weighted by Crippen LogP contribution is -2.25. The normalized spacial score (nSPS) is 16.6. The van der Waals surface area contributed by atoms with Gasteiger partial charge >= 0.3 is 0 Å². The van der Waals surface area contributed by atoms with Crippen molar-refractivity contribution in [3.8, 4) is 5.88 Å². The summed E-state index contributed by atoms with van der Waals surface area (Å²) < 4.78 is 31.0. The van der Waals surface area contributed by atoms with Crippen molar-refractivity contribution >= 4 is 48.3 Å². The molecule has 208 valence electrons. The lowest BCUT2D eigenvalue weighted by molar-refractivity contribution is -0.110. The van der Waals surface area contributed by atoms with Crippen molar-refractivity contribution in [2.75, 3.05) is 32.6 Å². The first-order valence-electron chi connectivity index (χ1n) is 13.2. The van der Waals surface area contributed by atoms with Crippen LogP contribution in [0.1, 0.15) is 50.5 Å². The standard InChI is InChI=1S/C27H33N5O5S2/c1-32(2)16-5-17-36-23-15-14-22-26(29-23)38-27(28-22)30-25(33)24(31-37-19-6-3-4-7-19)18-8-10-20(11-9-18)39(34,35)21-12-13-21/h8-11,14-15,19,21H,3-7,12-13,16-17H2,1-2H3,(H,28,30,33). The third-order valence-corrected chi connectivity index (χ3v) is 9.84. The van der Waals surface area contributed by atoms with Crippen LogP contribution in [-0.2, 0) is 19.5 Å². The van der Waals surface area contributed by atoms with E-state index in [1.54, 1.807) is 18.2 Å². The molecule has 1 aromatic carbocycles.